The van der Waals surface area contributed by atoms with E-state index in [-0.39, 0.29) is 28.4 Å². The van der Waals surface area contributed by atoms with E-state index in [0.717, 1.165) is 89.4 Å². The third-order valence-electron chi connectivity index (χ3n) is 16.8. The van der Waals surface area contributed by atoms with Crippen molar-refractivity contribution in [3.05, 3.63) is 192 Å². The lowest BCUT2D eigenvalue weighted by Gasteiger charge is -2.42. The molecule has 0 spiro atoms. The lowest BCUT2D eigenvalue weighted by atomic mass is 9.34. The Hall–Kier alpha value is -7.96. The second-order valence-electron chi connectivity index (χ2n) is 25.9. The minimum atomic E-state index is -0.201. The standard InChI is InChI=1S/C70H64BN3O2/c1-67(2,3)41-25-30-45(31-26-41)73-59-38-46(72-55-22-16-13-19-47(55)48-20-14-17-23-56(48)72)39-62-63(59)71(53-37-44(70(10,11)12)29-34-61(53)75-62)54-40-52-49-21-15-18-24-60(49)76-66(52)65(64(54)73)74-57-32-27-42(68(4,5)6)35-50(57)51-36-43(69(7,8)9)28-33-58(51)74/h13-40H,1-12H3. The SMILES string of the molecule is CC(C)(C)c1ccc(N2c3cc(-n4c5ccccc5c5ccccc54)cc4c3B(c3cc(C(C)(C)C)ccc3O4)c3cc4c(oc5ccccc54)c(-n4c5ccc(C(C)(C)C)cc5c5cc(C(C)(C)C)ccc54)c32)cc1. The van der Waals surface area contributed by atoms with E-state index in [9.17, 15) is 0 Å². The Kier molecular flexibility index (Phi) is 9.68. The number of furan rings is 1. The summed E-state index contributed by atoms with van der Waals surface area (Å²) in [6.45, 7) is 27.5. The monoisotopic (exact) mass is 990 g/mol. The summed E-state index contributed by atoms with van der Waals surface area (Å²) in [5, 5.41) is 7.08. The smallest absolute Gasteiger partial charge is 0.256 e. The molecule has 3 aromatic heterocycles. The highest BCUT2D eigenvalue weighted by molar-refractivity contribution is 6.99. The van der Waals surface area contributed by atoms with Crippen molar-refractivity contribution < 1.29 is 9.15 Å². The highest BCUT2D eigenvalue weighted by Crippen LogP contribution is 2.51. The van der Waals surface area contributed by atoms with E-state index in [0.29, 0.717) is 0 Å². The van der Waals surface area contributed by atoms with Gasteiger partial charge in [0.1, 0.15) is 22.8 Å². The van der Waals surface area contributed by atoms with Gasteiger partial charge in [0.15, 0.2) is 5.58 Å². The van der Waals surface area contributed by atoms with Crippen LogP contribution < -0.4 is 26.0 Å². The third-order valence-corrected chi connectivity index (χ3v) is 16.8. The van der Waals surface area contributed by atoms with E-state index in [1.807, 2.05) is 0 Å². The number of hydrogen-bond donors (Lipinski definition) is 0. The average molecular weight is 990 g/mol. The molecule has 0 saturated heterocycles. The van der Waals surface area contributed by atoms with Crippen LogP contribution in [0.3, 0.4) is 0 Å². The number of nitrogens with zero attached hydrogens (tertiary/aromatic N) is 3. The normalized spacial score (nSPS) is 13.8. The predicted octanol–water partition coefficient (Wildman–Crippen LogP) is 17.4. The lowest BCUT2D eigenvalue weighted by Crippen LogP contribution is -2.60. The van der Waals surface area contributed by atoms with Gasteiger partial charge in [0.2, 0.25) is 0 Å². The van der Waals surface area contributed by atoms with Crippen molar-refractivity contribution in [1.82, 2.24) is 9.13 Å². The van der Waals surface area contributed by atoms with E-state index < -0.39 is 0 Å². The first-order valence-electron chi connectivity index (χ1n) is 27.2. The maximum atomic E-state index is 7.41. The first kappa shape index (κ1) is 46.6. The fraction of sp³-hybridized carbons (Fsp3) is 0.229. The third kappa shape index (κ3) is 6.84. The molecule has 12 aromatic rings. The van der Waals surface area contributed by atoms with Gasteiger partial charge in [-0.15, -0.1) is 0 Å². The van der Waals surface area contributed by atoms with Gasteiger partial charge >= 0.3 is 0 Å². The van der Waals surface area contributed by atoms with Gasteiger partial charge in [0.25, 0.3) is 6.71 Å². The Labute approximate surface area is 446 Å². The molecule has 5 nitrogen and oxygen atoms in total. The first-order chi connectivity index (χ1) is 36.2. The fourth-order valence-corrected chi connectivity index (χ4v) is 12.6. The van der Waals surface area contributed by atoms with Crippen LogP contribution in [-0.2, 0) is 21.7 Å². The summed E-state index contributed by atoms with van der Waals surface area (Å²) >= 11 is 0. The van der Waals surface area contributed by atoms with Crippen molar-refractivity contribution in [2.75, 3.05) is 4.90 Å². The number of ether oxygens (including phenoxy) is 1. The van der Waals surface area contributed by atoms with Crippen molar-refractivity contribution in [1.29, 1.82) is 0 Å². The minimum absolute atomic E-state index is 0.0479. The highest BCUT2D eigenvalue weighted by atomic mass is 16.5. The molecule has 2 aliphatic rings. The van der Waals surface area contributed by atoms with E-state index in [1.54, 1.807) is 0 Å². The number of para-hydroxylation sites is 3. The molecule has 5 heterocycles. The summed E-state index contributed by atoms with van der Waals surface area (Å²) in [5.41, 5.74) is 20.0. The number of anilines is 3. The van der Waals surface area contributed by atoms with Crippen LogP contribution in [0, 0.1) is 0 Å². The second-order valence-corrected chi connectivity index (χ2v) is 25.9. The molecule has 76 heavy (non-hydrogen) atoms. The van der Waals surface area contributed by atoms with Crippen LogP contribution in [0.25, 0.3) is 76.9 Å². The van der Waals surface area contributed by atoms with Crippen LogP contribution in [0.1, 0.15) is 105 Å². The zero-order valence-corrected chi connectivity index (χ0v) is 45.9. The van der Waals surface area contributed by atoms with E-state index in [1.165, 1.54) is 54.7 Å². The molecule has 0 aliphatic carbocycles. The van der Waals surface area contributed by atoms with Crippen molar-refractivity contribution in [3.8, 4) is 22.9 Å². The molecule has 0 N–H and O–H groups in total. The van der Waals surface area contributed by atoms with Gasteiger partial charge in [-0.25, -0.2) is 0 Å². The van der Waals surface area contributed by atoms with Gasteiger partial charge in [0, 0.05) is 49.8 Å². The Morgan fingerprint density at radius 2 is 0.882 bits per heavy atom. The first-order valence-corrected chi connectivity index (χ1v) is 27.2. The molecule has 0 saturated carbocycles. The number of rotatable bonds is 3. The summed E-state index contributed by atoms with van der Waals surface area (Å²) in [6, 6.07) is 64.0. The summed E-state index contributed by atoms with van der Waals surface area (Å²) in [7, 11) is 0. The molecular formula is C70H64BN3O2. The highest BCUT2D eigenvalue weighted by Gasteiger charge is 2.45. The summed E-state index contributed by atoms with van der Waals surface area (Å²) in [4.78, 5) is 2.56. The molecule has 0 radical (unpaired) electrons. The molecule has 0 bridgehead atoms. The van der Waals surface area contributed by atoms with E-state index in [4.69, 9.17) is 9.15 Å². The van der Waals surface area contributed by atoms with Crippen LogP contribution in [-0.4, -0.2) is 15.8 Å². The Balaban J connectivity index is 1.20. The van der Waals surface area contributed by atoms with Crippen molar-refractivity contribution in [2.24, 2.45) is 0 Å². The van der Waals surface area contributed by atoms with Crippen LogP contribution >= 0.6 is 0 Å². The Morgan fingerprint density at radius 1 is 0.368 bits per heavy atom. The molecule has 6 heteroatoms. The number of hydrogen-bond acceptors (Lipinski definition) is 3. The molecule has 0 amide bonds. The van der Waals surface area contributed by atoms with Gasteiger partial charge in [-0.3, -0.25) is 0 Å². The minimum Gasteiger partial charge on any atom is -0.458 e. The topological polar surface area (TPSA) is 35.5 Å². The van der Waals surface area contributed by atoms with Gasteiger partial charge < -0.3 is 23.2 Å². The van der Waals surface area contributed by atoms with Crippen molar-refractivity contribution in [3.63, 3.8) is 0 Å². The molecular weight excluding hydrogens is 926 g/mol. The number of benzene rings is 9. The maximum Gasteiger partial charge on any atom is 0.256 e. The molecule has 2 aliphatic heterocycles. The van der Waals surface area contributed by atoms with Gasteiger partial charge in [-0.05, 0) is 127 Å². The largest absolute Gasteiger partial charge is 0.458 e. The molecule has 0 unspecified atom stereocenters. The second kappa shape index (κ2) is 15.8. The molecule has 374 valence electrons. The summed E-state index contributed by atoms with van der Waals surface area (Å²) in [5.74, 6) is 1.74. The zero-order chi connectivity index (χ0) is 52.5. The molecule has 14 rings (SSSR count). The lowest BCUT2D eigenvalue weighted by molar-refractivity contribution is 0.486. The van der Waals surface area contributed by atoms with Crippen LogP contribution in [0.4, 0.5) is 17.1 Å². The molecule has 0 atom stereocenters. The van der Waals surface area contributed by atoms with Gasteiger partial charge in [0.05, 0.1) is 33.4 Å². The van der Waals surface area contributed by atoms with Crippen LogP contribution in [0.15, 0.2) is 174 Å². The van der Waals surface area contributed by atoms with Crippen LogP contribution in [0.2, 0.25) is 0 Å². The molecule has 0 fully saturated rings. The quantitative estimate of drug-likeness (QED) is 0.166. The Bertz CT molecular complexity index is 4300. The molecule has 9 aromatic carbocycles. The number of fused-ring (bicyclic) bond motifs is 13. The van der Waals surface area contributed by atoms with Gasteiger partial charge in [-0.2, -0.15) is 0 Å². The summed E-state index contributed by atoms with van der Waals surface area (Å²) < 4.78 is 19.8. The maximum absolute atomic E-state index is 7.41. The Morgan fingerprint density at radius 3 is 1.47 bits per heavy atom. The van der Waals surface area contributed by atoms with E-state index >= 15 is 0 Å². The van der Waals surface area contributed by atoms with Crippen molar-refractivity contribution >= 4 is 106 Å². The average Bonchev–Trinajstić information content (AvgIpc) is 4.04. The van der Waals surface area contributed by atoms with Crippen LogP contribution in [0.5, 0.6) is 11.5 Å². The summed E-state index contributed by atoms with van der Waals surface area (Å²) in [6.07, 6.45) is 0. The van der Waals surface area contributed by atoms with E-state index in [2.05, 4.69) is 267 Å². The fourth-order valence-electron chi connectivity index (χ4n) is 12.6. The predicted molar refractivity (Wildman–Crippen MR) is 323 cm³/mol. The number of aromatic nitrogens is 2. The zero-order valence-electron chi connectivity index (χ0n) is 45.9. The van der Waals surface area contributed by atoms with Gasteiger partial charge in [-0.1, -0.05) is 180 Å². The van der Waals surface area contributed by atoms with Crippen molar-refractivity contribution in [2.45, 2.75) is 105 Å².